The van der Waals surface area contributed by atoms with Crippen LogP contribution in [0.1, 0.15) is 35.3 Å². The molecule has 1 aliphatic carbocycles. The predicted molar refractivity (Wildman–Crippen MR) is 85.0 cm³/mol. The lowest BCUT2D eigenvalue weighted by Gasteiger charge is -2.29. The second-order valence-electron chi connectivity index (χ2n) is 6.29. The van der Waals surface area contributed by atoms with Gasteiger partial charge in [-0.15, -0.1) is 0 Å². The molecule has 0 bridgehead atoms. The Morgan fingerprint density at radius 3 is 2.35 bits per heavy atom. The van der Waals surface area contributed by atoms with E-state index in [-0.39, 0.29) is 6.42 Å². The van der Waals surface area contributed by atoms with Gasteiger partial charge in [0.05, 0.1) is 0 Å². The molecule has 2 aromatic rings. The Morgan fingerprint density at radius 1 is 1.09 bits per heavy atom. The molecule has 2 aromatic carbocycles. The molecule has 0 aromatic heterocycles. The predicted octanol–water partition coefficient (Wildman–Crippen LogP) is 2.64. The Hall–Kier alpha value is -2.46. The molecule has 4 nitrogen and oxygen atoms in total. The Bertz CT molecular complexity index is 764. The minimum absolute atomic E-state index is 0.0499. The molecule has 0 heterocycles. The summed E-state index contributed by atoms with van der Waals surface area (Å²) in [5.41, 5.74) is -1.25. The topological polar surface area (TPSA) is 63.6 Å². The van der Waals surface area contributed by atoms with Crippen molar-refractivity contribution >= 4 is 11.8 Å². The molecule has 0 saturated heterocycles. The number of aliphatic hydroxyl groups is 1. The average molecular weight is 310 g/mol. The summed E-state index contributed by atoms with van der Waals surface area (Å²) < 4.78 is 5.50. The quantitative estimate of drug-likeness (QED) is 0.699. The maximum atomic E-state index is 12.5. The van der Waals surface area contributed by atoms with Gasteiger partial charge in [-0.05, 0) is 25.0 Å². The fourth-order valence-electron chi connectivity index (χ4n) is 2.85. The molecule has 0 fully saturated rings. The highest BCUT2D eigenvalue weighted by Crippen LogP contribution is 2.34. The SMILES string of the molecule is CC(C)(OC(=O)[C@]1(O)Cc2ccccc2C1=O)c1ccccc1. The van der Waals surface area contributed by atoms with Crippen LogP contribution >= 0.6 is 0 Å². The van der Waals surface area contributed by atoms with Crippen LogP contribution in [0.25, 0.3) is 0 Å². The van der Waals surface area contributed by atoms with Crippen LogP contribution in [0.2, 0.25) is 0 Å². The number of hydrogen-bond acceptors (Lipinski definition) is 4. The molecular formula is C19H18O4. The Kier molecular flexibility index (Phi) is 3.57. The first-order valence-corrected chi connectivity index (χ1v) is 7.49. The highest BCUT2D eigenvalue weighted by molar-refractivity contribution is 6.18. The second-order valence-corrected chi connectivity index (χ2v) is 6.29. The Morgan fingerprint density at radius 2 is 1.70 bits per heavy atom. The Balaban J connectivity index is 1.86. The molecule has 118 valence electrons. The van der Waals surface area contributed by atoms with Crippen LogP contribution < -0.4 is 0 Å². The number of hydrogen-bond donors (Lipinski definition) is 1. The molecule has 0 saturated carbocycles. The van der Waals surface area contributed by atoms with Crippen molar-refractivity contribution in [3.63, 3.8) is 0 Å². The van der Waals surface area contributed by atoms with Gasteiger partial charge in [0.1, 0.15) is 5.60 Å². The first-order chi connectivity index (χ1) is 10.8. The fourth-order valence-corrected chi connectivity index (χ4v) is 2.85. The van der Waals surface area contributed by atoms with Crippen molar-refractivity contribution in [2.24, 2.45) is 0 Å². The summed E-state index contributed by atoms with van der Waals surface area (Å²) in [5.74, 6) is -1.51. The average Bonchev–Trinajstić information content (AvgIpc) is 2.81. The normalized spacial score (nSPS) is 20.2. The highest BCUT2D eigenvalue weighted by atomic mass is 16.6. The molecule has 0 amide bonds. The first kappa shape index (κ1) is 15.4. The van der Waals surface area contributed by atoms with Crippen LogP contribution in [-0.2, 0) is 21.6 Å². The lowest BCUT2D eigenvalue weighted by Crippen LogP contribution is -2.48. The molecule has 1 N–H and O–H groups in total. The van der Waals surface area contributed by atoms with Crippen molar-refractivity contribution in [2.75, 3.05) is 0 Å². The van der Waals surface area contributed by atoms with Gasteiger partial charge in [0.15, 0.2) is 0 Å². The number of carbonyl (C=O) groups excluding carboxylic acids is 2. The number of benzene rings is 2. The summed E-state index contributed by atoms with van der Waals surface area (Å²) in [6.07, 6.45) is -0.0499. The zero-order chi connectivity index (χ0) is 16.7. The molecule has 1 aliphatic rings. The molecule has 0 radical (unpaired) electrons. The number of Topliss-reactive ketones (excluding diaryl/α,β-unsaturated/α-hetero) is 1. The van der Waals surface area contributed by atoms with E-state index in [4.69, 9.17) is 4.74 Å². The molecule has 0 aliphatic heterocycles. The number of ether oxygens (including phenoxy) is 1. The standard InChI is InChI=1S/C19H18O4/c1-18(2,14-9-4-3-5-10-14)23-17(21)19(22)12-13-8-6-7-11-15(13)16(19)20/h3-11,22H,12H2,1-2H3/t19-/m0/s1. The monoisotopic (exact) mass is 310 g/mol. The maximum absolute atomic E-state index is 12.5. The van der Waals surface area contributed by atoms with E-state index in [0.717, 1.165) is 5.56 Å². The van der Waals surface area contributed by atoms with Crippen LogP contribution in [0.15, 0.2) is 54.6 Å². The van der Waals surface area contributed by atoms with E-state index in [1.165, 1.54) is 0 Å². The lowest BCUT2D eigenvalue weighted by atomic mass is 9.95. The lowest BCUT2D eigenvalue weighted by molar-refractivity contribution is -0.174. The van der Waals surface area contributed by atoms with Crippen molar-refractivity contribution in [3.05, 3.63) is 71.3 Å². The van der Waals surface area contributed by atoms with Gasteiger partial charge in [-0.1, -0.05) is 54.6 Å². The largest absolute Gasteiger partial charge is 0.452 e. The second kappa shape index (κ2) is 5.32. The van der Waals surface area contributed by atoms with Crippen LogP contribution in [0.4, 0.5) is 0 Å². The van der Waals surface area contributed by atoms with Gasteiger partial charge in [0.2, 0.25) is 11.4 Å². The van der Waals surface area contributed by atoms with Crippen molar-refractivity contribution in [2.45, 2.75) is 31.5 Å². The fraction of sp³-hybridized carbons (Fsp3) is 0.263. The van der Waals surface area contributed by atoms with Crippen LogP contribution in [0.3, 0.4) is 0 Å². The number of fused-ring (bicyclic) bond motifs is 1. The van der Waals surface area contributed by atoms with E-state index >= 15 is 0 Å². The highest BCUT2D eigenvalue weighted by Gasteiger charge is 2.52. The van der Waals surface area contributed by atoms with E-state index in [2.05, 4.69) is 0 Å². The number of esters is 1. The zero-order valence-corrected chi connectivity index (χ0v) is 13.1. The van der Waals surface area contributed by atoms with Gasteiger partial charge in [0, 0.05) is 12.0 Å². The first-order valence-electron chi connectivity index (χ1n) is 7.49. The van der Waals surface area contributed by atoms with Crippen LogP contribution in [0.5, 0.6) is 0 Å². The summed E-state index contributed by atoms with van der Waals surface area (Å²) >= 11 is 0. The summed E-state index contributed by atoms with van der Waals surface area (Å²) in [4.78, 5) is 25.0. The molecule has 0 unspecified atom stereocenters. The molecular weight excluding hydrogens is 292 g/mol. The molecule has 0 spiro atoms. The van der Waals surface area contributed by atoms with Gasteiger partial charge in [0.25, 0.3) is 0 Å². The smallest absolute Gasteiger partial charge is 0.347 e. The van der Waals surface area contributed by atoms with E-state index in [9.17, 15) is 14.7 Å². The maximum Gasteiger partial charge on any atom is 0.347 e. The molecule has 4 heteroatoms. The van der Waals surface area contributed by atoms with Gasteiger partial charge in [-0.25, -0.2) is 4.79 Å². The van der Waals surface area contributed by atoms with Crippen molar-refractivity contribution in [1.82, 2.24) is 0 Å². The molecule has 23 heavy (non-hydrogen) atoms. The van der Waals surface area contributed by atoms with E-state index < -0.39 is 23.0 Å². The zero-order valence-electron chi connectivity index (χ0n) is 13.1. The minimum Gasteiger partial charge on any atom is -0.452 e. The third-order valence-corrected chi connectivity index (χ3v) is 4.24. The summed E-state index contributed by atoms with van der Waals surface area (Å²) in [7, 11) is 0. The summed E-state index contributed by atoms with van der Waals surface area (Å²) in [5, 5.41) is 10.6. The van der Waals surface area contributed by atoms with E-state index in [0.29, 0.717) is 11.1 Å². The summed E-state index contributed by atoms with van der Waals surface area (Å²) in [6, 6.07) is 16.1. The third-order valence-electron chi connectivity index (χ3n) is 4.24. The Labute approximate surface area is 134 Å². The summed E-state index contributed by atoms with van der Waals surface area (Å²) in [6.45, 7) is 3.46. The van der Waals surface area contributed by atoms with Crippen molar-refractivity contribution < 1.29 is 19.4 Å². The van der Waals surface area contributed by atoms with Gasteiger partial charge < -0.3 is 9.84 Å². The number of carbonyl (C=O) groups is 2. The van der Waals surface area contributed by atoms with Crippen molar-refractivity contribution in [3.8, 4) is 0 Å². The molecule has 3 rings (SSSR count). The van der Waals surface area contributed by atoms with Gasteiger partial charge in [-0.3, -0.25) is 4.79 Å². The van der Waals surface area contributed by atoms with Gasteiger partial charge in [-0.2, -0.15) is 0 Å². The van der Waals surface area contributed by atoms with E-state index in [1.807, 2.05) is 30.3 Å². The third kappa shape index (κ3) is 2.55. The minimum atomic E-state index is -2.14. The van der Waals surface area contributed by atoms with Crippen LogP contribution in [0, 0.1) is 0 Å². The number of rotatable bonds is 3. The van der Waals surface area contributed by atoms with Crippen LogP contribution in [-0.4, -0.2) is 22.5 Å². The number of ketones is 1. The van der Waals surface area contributed by atoms with Crippen molar-refractivity contribution in [1.29, 1.82) is 0 Å². The van der Waals surface area contributed by atoms with E-state index in [1.54, 1.807) is 38.1 Å². The van der Waals surface area contributed by atoms with Gasteiger partial charge >= 0.3 is 5.97 Å². The molecule has 1 atom stereocenters.